The van der Waals surface area contributed by atoms with Gasteiger partial charge in [-0.15, -0.1) is 0 Å². The molecule has 0 aromatic carbocycles. The predicted molar refractivity (Wildman–Crippen MR) is 38.7 cm³/mol. The Bertz CT molecular complexity index is 101. The molecule has 0 rings (SSSR count). The zero-order valence-electron chi connectivity index (χ0n) is 5.42. The molecular weight excluding hydrogens is 136 g/mol. The van der Waals surface area contributed by atoms with Gasteiger partial charge in [0.1, 0.15) is 12.1 Å². The first-order valence-electron chi connectivity index (χ1n) is 2.75. The summed E-state index contributed by atoms with van der Waals surface area (Å²) < 4.78 is 0. The molecule has 0 amide bonds. The molecular formula is C6H10O2S. The average molecular weight is 146 g/mol. The molecule has 0 radical (unpaired) electrons. The molecule has 0 saturated heterocycles. The minimum Gasteiger partial charge on any atom is -0.303 e. The van der Waals surface area contributed by atoms with Crippen LogP contribution >= 0.6 is 11.8 Å². The van der Waals surface area contributed by atoms with Crippen molar-refractivity contribution in [2.45, 2.75) is 12.8 Å². The molecule has 0 unspecified atom stereocenters. The second-order valence-electron chi connectivity index (χ2n) is 1.65. The molecule has 0 atom stereocenters. The van der Waals surface area contributed by atoms with E-state index in [-0.39, 0.29) is 12.2 Å². The van der Waals surface area contributed by atoms with Crippen molar-refractivity contribution in [2.24, 2.45) is 0 Å². The summed E-state index contributed by atoms with van der Waals surface area (Å²) in [4.78, 5) is 20.3. The highest BCUT2D eigenvalue weighted by Crippen LogP contribution is 1.96. The first-order valence-corrected chi connectivity index (χ1v) is 4.15. The van der Waals surface area contributed by atoms with Crippen LogP contribution in [0.15, 0.2) is 0 Å². The van der Waals surface area contributed by atoms with Crippen LogP contribution in [0.5, 0.6) is 0 Å². The molecule has 52 valence electrons. The Morgan fingerprint density at radius 2 is 2.33 bits per heavy atom. The van der Waals surface area contributed by atoms with Crippen LogP contribution in [0.4, 0.5) is 0 Å². The average Bonchev–Trinajstić information content (AvgIpc) is 1.85. The van der Waals surface area contributed by atoms with Crippen molar-refractivity contribution in [1.29, 1.82) is 0 Å². The van der Waals surface area contributed by atoms with Crippen LogP contribution in [0, 0.1) is 0 Å². The van der Waals surface area contributed by atoms with Gasteiger partial charge in [0, 0.05) is 6.42 Å². The molecule has 9 heavy (non-hydrogen) atoms. The van der Waals surface area contributed by atoms with Crippen LogP contribution in [0.2, 0.25) is 0 Å². The largest absolute Gasteiger partial charge is 0.303 e. The fourth-order valence-electron chi connectivity index (χ4n) is 0.411. The lowest BCUT2D eigenvalue weighted by atomic mass is 10.2. The molecule has 0 spiro atoms. The smallest absolute Gasteiger partial charge is 0.140 e. The van der Waals surface area contributed by atoms with E-state index in [2.05, 4.69) is 0 Å². The number of thioether (sulfide) groups is 1. The maximum Gasteiger partial charge on any atom is 0.140 e. The molecule has 0 aliphatic heterocycles. The topological polar surface area (TPSA) is 34.1 Å². The standard InChI is InChI=1S/C6H10O2S/c1-9-5-3-6(8)2-4-7/h4H,2-3,5H2,1H3. The van der Waals surface area contributed by atoms with Gasteiger partial charge >= 0.3 is 0 Å². The number of hydrogen-bond donors (Lipinski definition) is 0. The lowest BCUT2D eigenvalue weighted by molar-refractivity contribution is -0.121. The van der Waals surface area contributed by atoms with Gasteiger partial charge in [0.05, 0.1) is 6.42 Å². The molecule has 0 aliphatic rings. The molecule has 0 heterocycles. The summed E-state index contributed by atoms with van der Waals surface area (Å²) in [6, 6.07) is 0. The lowest BCUT2D eigenvalue weighted by Gasteiger charge is -1.90. The van der Waals surface area contributed by atoms with Crippen molar-refractivity contribution in [3.05, 3.63) is 0 Å². The highest BCUT2D eigenvalue weighted by atomic mass is 32.2. The van der Waals surface area contributed by atoms with Gasteiger partial charge in [-0.1, -0.05) is 0 Å². The normalized spacial score (nSPS) is 9.00. The third-order valence-electron chi connectivity index (χ3n) is 0.896. The highest BCUT2D eigenvalue weighted by molar-refractivity contribution is 7.98. The Balaban J connectivity index is 3.16. The Morgan fingerprint density at radius 1 is 1.67 bits per heavy atom. The maximum atomic E-state index is 10.6. The summed E-state index contributed by atoms with van der Waals surface area (Å²) in [6.07, 6.45) is 3.21. The molecule has 0 aromatic heterocycles. The van der Waals surface area contributed by atoms with Crippen LogP contribution in [-0.4, -0.2) is 24.1 Å². The van der Waals surface area contributed by atoms with Gasteiger partial charge in [0.15, 0.2) is 0 Å². The van der Waals surface area contributed by atoms with Crippen molar-refractivity contribution in [2.75, 3.05) is 12.0 Å². The quantitative estimate of drug-likeness (QED) is 0.427. The minimum absolute atomic E-state index is 0.0411. The Morgan fingerprint density at radius 3 is 2.78 bits per heavy atom. The fraction of sp³-hybridized carbons (Fsp3) is 0.667. The summed E-state index contributed by atoms with van der Waals surface area (Å²) in [7, 11) is 0. The molecule has 3 heteroatoms. The molecule has 0 aliphatic carbocycles. The second kappa shape index (κ2) is 5.82. The van der Waals surface area contributed by atoms with E-state index in [9.17, 15) is 9.59 Å². The molecule has 0 saturated carbocycles. The van der Waals surface area contributed by atoms with E-state index < -0.39 is 0 Å². The Hall–Kier alpha value is -0.310. The summed E-state index contributed by atoms with van der Waals surface area (Å²) in [5, 5.41) is 0. The highest BCUT2D eigenvalue weighted by Gasteiger charge is 1.97. The first-order chi connectivity index (χ1) is 4.31. The van der Waals surface area contributed by atoms with Gasteiger partial charge in [-0.3, -0.25) is 4.79 Å². The van der Waals surface area contributed by atoms with E-state index >= 15 is 0 Å². The van der Waals surface area contributed by atoms with E-state index in [1.165, 1.54) is 0 Å². The van der Waals surface area contributed by atoms with Crippen LogP contribution in [0.25, 0.3) is 0 Å². The van der Waals surface area contributed by atoms with Gasteiger partial charge < -0.3 is 4.79 Å². The molecule has 0 fully saturated rings. The number of hydrogen-bond acceptors (Lipinski definition) is 3. The summed E-state index contributed by atoms with van der Waals surface area (Å²) in [6.45, 7) is 0. The number of ketones is 1. The number of aldehydes is 1. The van der Waals surface area contributed by atoms with Crippen LogP contribution in [-0.2, 0) is 9.59 Å². The van der Waals surface area contributed by atoms with Gasteiger partial charge in [-0.05, 0) is 12.0 Å². The lowest BCUT2D eigenvalue weighted by Crippen LogP contribution is -1.98. The number of rotatable bonds is 5. The minimum atomic E-state index is 0.0411. The summed E-state index contributed by atoms with van der Waals surface area (Å²) in [5.74, 6) is 0.867. The Labute approximate surface area is 59.0 Å². The van der Waals surface area contributed by atoms with Crippen molar-refractivity contribution in [3.63, 3.8) is 0 Å². The van der Waals surface area contributed by atoms with E-state index in [0.717, 1.165) is 5.75 Å². The first kappa shape index (κ1) is 8.69. The van der Waals surface area contributed by atoms with E-state index in [4.69, 9.17) is 0 Å². The van der Waals surface area contributed by atoms with Crippen molar-refractivity contribution < 1.29 is 9.59 Å². The molecule has 0 aromatic rings. The zero-order valence-corrected chi connectivity index (χ0v) is 6.24. The van der Waals surface area contributed by atoms with E-state index in [1.54, 1.807) is 11.8 Å². The monoisotopic (exact) mass is 146 g/mol. The van der Waals surface area contributed by atoms with Crippen molar-refractivity contribution >= 4 is 23.8 Å². The second-order valence-corrected chi connectivity index (χ2v) is 2.64. The van der Waals surface area contributed by atoms with Crippen molar-refractivity contribution in [1.82, 2.24) is 0 Å². The van der Waals surface area contributed by atoms with Gasteiger partial charge in [0.25, 0.3) is 0 Å². The SMILES string of the molecule is CSCCC(=O)CC=O. The number of carbonyl (C=O) groups is 2. The van der Waals surface area contributed by atoms with E-state index in [0.29, 0.717) is 12.7 Å². The Kier molecular flexibility index (Phi) is 5.62. The maximum absolute atomic E-state index is 10.6. The van der Waals surface area contributed by atoms with Crippen LogP contribution < -0.4 is 0 Å². The van der Waals surface area contributed by atoms with Gasteiger partial charge in [0.2, 0.25) is 0 Å². The number of carbonyl (C=O) groups excluding carboxylic acids is 2. The molecule has 0 N–H and O–H groups in total. The third kappa shape index (κ3) is 5.56. The van der Waals surface area contributed by atoms with Gasteiger partial charge in [-0.25, -0.2) is 0 Å². The van der Waals surface area contributed by atoms with Gasteiger partial charge in [-0.2, -0.15) is 11.8 Å². The number of Topliss-reactive ketones (excluding diaryl/α,β-unsaturated/α-hetero) is 1. The summed E-state index contributed by atoms with van der Waals surface area (Å²) >= 11 is 1.62. The van der Waals surface area contributed by atoms with Crippen molar-refractivity contribution in [3.8, 4) is 0 Å². The third-order valence-corrected chi connectivity index (χ3v) is 1.51. The predicted octanol–water partition coefficient (Wildman–Crippen LogP) is 0.898. The van der Waals surface area contributed by atoms with Crippen LogP contribution in [0.1, 0.15) is 12.8 Å². The zero-order chi connectivity index (χ0) is 7.11. The molecule has 2 nitrogen and oxygen atoms in total. The van der Waals surface area contributed by atoms with E-state index in [1.807, 2.05) is 6.26 Å². The fourth-order valence-corrected chi connectivity index (χ4v) is 0.843. The molecule has 0 bridgehead atoms. The van der Waals surface area contributed by atoms with Crippen LogP contribution in [0.3, 0.4) is 0 Å². The summed E-state index contributed by atoms with van der Waals surface area (Å²) in [5.41, 5.74) is 0.